The fourth-order valence-electron chi connectivity index (χ4n) is 0.895. The van der Waals surface area contributed by atoms with Crippen LogP contribution < -0.4 is 5.73 Å². The number of hydrogen-bond donors (Lipinski definition) is 1. The summed E-state index contributed by atoms with van der Waals surface area (Å²) in [7, 11) is 2.87. The third-order valence-electron chi connectivity index (χ3n) is 1.44. The van der Waals surface area contributed by atoms with Crippen LogP contribution in [-0.2, 0) is 0 Å². The van der Waals surface area contributed by atoms with Gasteiger partial charge in [0.05, 0.1) is 0 Å². The monoisotopic (exact) mass is 147 g/mol. The predicted molar refractivity (Wildman–Crippen MR) is 46.7 cm³/mol. The summed E-state index contributed by atoms with van der Waals surface area (Å²) in [4.78, 5) is 0. The standard InChI is InChI=1S/C7H18NP/c1-2-4-7(9)5-3-6-8/h7H,2-6,8-9H2,1H3. The Balaban J connectivity index is 2.95. The van der Waals surface area contributed by atoms with E-state index in [2.05, 4.69) is 16.2 Å². The lowest BCUT2D eigenvalue weighted by Crippen LogP contribution is -2.03. The van der Waals surface area contributed by atoms with Gasteiger partial charge in [0, 0.05) is 0 Å². The van der Waals surface area contributed by atoms with Gasteiger partial charge < -0.3 is 5.73 Å². The Bertz CT molecular complexity index is 56.9. The molecule has 0 saturated carbocycles. The van der Waals surface area contributed by atoms with Crippen molar-refractivity contribution >= 4 is 9.24 Å². The maximum absolute atomic E-state index is 5.36. The van der Waals surface area contributed by atoms with Crippen LogP contribution in [-0.4, -0.2) is 12.2 Å². The molecule has 0 aromatic rings. The Morgan fingerprint density at radius 2 is 2.11 bits per heavy atom. The van der Waals surface area contributed by atoms with Gasteiger partial charge in [-0.15, -0.1) is 9.24 Å². The molecule has 56 valence electrons. The fraction of sp³-hybridized carbons (Fsp3) is 1.00. The maximum Gasteiger partial charge on any atom is -0.00771 e. The van der Waals surface area contributed by atoms with E-state index >= 15 is 0 Å². The maximum atomic E-state index is 5.36. The van der Waals surface area contributed by atoms with Gasteiger partial charge in [0.1, 0.15) is 0 Å². The van der Waals surface area contributed by atoms with E-state index < -0.39 is 0 Å². The molecule has 2 atom stereocenters. The van der Waals surface area contributed by atoms with Crippen LogP contribution in [0.4, 0.5) is 0 Å². The summed E-state index contributed by atoms with van der Waals surface area (Å²) in [6, 6.07) is 0. The molecule has 0 saturated heterocycles. The van der Waals surface area contributed by atoms with Crippen LogP contribution in [0.1, 0.15) is 32.6 Å². The zero-order chi connectivity index (χ0) is 7.11. The highest BCUT2D eigenvalue weighted by molar-refractivity contribution is 7.17. The first-order valence-electron chi connectivity index (χ1n) is 3.77. The summed E-state index contributed by atoms with van der Waals surface area (Å²) < 4.78 is 0. The number of hydrogen-bond acceptors (Lipinski definition) is 1. The van der Waals surface area contributed by atoms with Crippen molar-refractivity contribution < 1.29 is 0 Å². The molecule has 2 N–H and O–H groups in total. The van der Waals surface area contributed by atoms with Gasteiger partial charge in [0.25, 0.3) is 0 Å². The molecular formula is C7H18NP. The summed E-state index contributed by atoms with van der Waals surface area (Å²) in [6.07, 6.45) is 5.06. The van der Waals surface area contributed by atoms with Crippen molar-refractivity contribution in [1.82, 2.24) is 0 Å². The van der Waals surface area contributed by atoms with Gasteiger partial charge >= 0.3 is 0 Å². The van der Waals surface area contributed by atoms with Crippen molar-refractivity contribution in [3.05, 3.63) is 0 Å². The third kappa shape index (κ3) is 6.27. The Kier molecular flexibility index (Phi) is 6.79. The lowest BCUT2D eigenvalue weighted by molar-refractivity contribution is 0.653. The summed E-state index contributed by atoms with van der Waals surface area (Å²) in [5, 5.41) is 0. The highest BCUT2D eigenvalue weighted by atomic mass is 31.0. The highest BCUT2D eigenvalue weighted by Gasteiger charge is 1.97. The van der Waals surface area contributed by atoms with E-state index in [-0.39, 0.29) is 0 Å². The first-order chi connectivity index (χ1) is 4.31. The molecule has 0 heterocycles. The van der Waals surface area contributed by atoms with E-state index in [1.807, 2.05) is 0 Å². The van der Waals surface area contributed by atoms with Crippen molar-refractivity contribution in [1.29, 1.82) is 0 Å². The van der Waals surface area contributed by atoms with E-state index in [4.69, 9.17) is 5.73 Å². The summed E-state index contributed by atoms with van der Waals surface area (Å²) >= 11 is 0. The minimum absolute atomic E-state index is 0.804. The molecule has 9 heavy (non-hydrogen) atoms. The minimum Gasteiger partial charge on any atom is -0.330 e. The van der Waals surface area contributed by atoms with Gasteiger partial charge in [-0.05, 0) is 31.5 Å². The zero-order valence-corrected chi connectivity index (χ0v) is 7.42. The van der Waals surface area contributed by atoms with Crippen molar-refractivity contribution in [2.24, 2.45) is 5.73 Å². The molecule has 2 heteroatoms. The molecule has 0 aliphatic rings. The van der Waals surface area contributed by atoms with Crippen LogP contribution in [0.3, 0.4) is 0 Å². The molecule has 0 rings (SSSR count). The smallest absolute Gasteiger partial charge is 0.00771 e. The van der Waals surface area contributed by atoms with Crippen LogP contribution in [0.25, 0.3) is 0 Å². The molecular weight excluding hydrogens is 129 g/mol. The van der Waals surface area contributed by atoms with Crippen molar-refractivity contribution in [3.8, 4) is 0 Å². The van der Waals surface area contributed by atoms with E-state index in [1.165, 1.54) is 25.7 Å². The fourth-order valence-corrected chi connectivity index (χ4v) is 1.46. The minimum atomic E-state index is 0.804. The molecule has 0 aromatic heterocycles. The third-order valence-corrected chi connectivity index (χ3v) is 2.11. The Labute approximate surface area is 60.6 Å². The second-order valence-electron chi connectivity index (χ2n) is 2.48. The molecule has 0 aliphatic heterocycles. The number of rotatable bonds is 5. The van der Waals surface area contributed by atoms with Crippen molar-refractivity contribution in [2.45, 2.75) is 38.3 Å². The lowest BCUT2D eigenvalue weighted by Gasteiger charge is -2.06. The second-order valence-corrected chi connectivity index (χ2v) is 3.42. The molecule has 0 amide bonds. The predicted octanol–water partition coefficient (Wildman–Crippen LogP) is 1.77. The van der Waals surface area contributed by atoms with E-state index in [9.17, 15) is 0 Å². The largest absolute Gasteiger partial charge is 0.330 e. The van der Waals surface area contributed by atoms with Crippen LogP contribution >= 0.6 is 9.24 Å². The highest BCUT2D eigenvalue weighted by Crippen LogP contribution is 2.13. The SMILES string of the molecule is CCCC(P)CCCN. The van der Waals surface area contributed by atoms with Gasteiger partial charge in [-0.1, -0.05) is 13.3 Å². The van der Waals surface area contributed by atoms with Crippen LogP contribution in [0.5, 0.6) is 0 Å². The quantitative estimate of drug-likeness (QED) is 0.589. The van der Waals surface area contributed by atoms with E-state index in [0.29, 0.717) is 0 Å². The van der Waals surface area contributed by atoms with Crippen LogP contribution in [0, 0.1) is 0 Å². The first-order valence-corrected chi connectivity index (χ1v) is 4.43. The van der Waals surface area contributed by atoms with Gasteiger partial charge in [-0.3, -0.25) is 0 Å². The molecule has 1 nitrogen and oxygen atoms in total. The van der Waals surface area contributed by atoms with Crippen molar-refractivity contribution in [3.63, 3.8) is 0 Å². The van der Waals surface area contributed by atoms with Gasteiger partial charge in [0.2, 0.25) is 0 Å². The zero-order valence-electron chi connectivity index (χ0n) is 6.27. The number of nitrogens with two attached hydrogens (primary N) is 1. The first kappa shape index (κ1) is 9.39. The molecule has 0 aliphatic carbocycles. The Hall–Kier alpha value is 0.390. The molecule has 0 bridgehead atoms. The normalized spacial score (nSPS) is 13.7. The molecule has 0 fully saturated rings. The van der Waals surface area contributed by atoms with Gasteiger partial charge in [-0.2, -0.15) is 0 Å². The average Bonchev–Trinajstić information content (AvgIpc) is 1.85. The molecule has 0 aromatic carbocycles. The summed E-state index contributed by atoms with van der Waals surface area (Å²) in [6.45, 7) is 3.06. The van der Waals surface area contributed by atoms with Crippen LogP contribution in [0.15, 0.2) is 0 Å². The van der Waals surface area contributed by atoms with Crippen molar-refractivity contribution in [2.75, 3.05) is 6.54 Å². The van der Waals surface area contributed by atoms with E-state index in [1.54, 1.807) is 0 Å². The topological polar surface area (TPSA) is 26.0 Å². The molecule has 0 radical (unpaired) electrons. The van der Waals surface area contributed by atoms with E-state index in [0.717, 1.165) is 12.2 Å². The van der Waals surface area contributed by atoms with Crippen LogP contribution in [0.2, 0.25) is 0 Å². The molecule has 2 unspecified atom stereocenters. The summed E-state index contributed by atoms with van der Waals surface area (Å²) in [5.74, 6) is 0. The Morgan fingerprint density at radius 3 is 2.56 bits per heavy atom. The van der Waals surface area contributed by atoms with Gasteiger partial charge in [-0.25, -0.2) is 0 Å². The average molecular weight is 147 g/mol. The molecule has 0 spiro atoms. The second kappa shape index (κ2) is 6.51. The Morgan fingerprint density at radius 1 is 1.44 bits per heavy atom. The summed E-state index contributed by atoms with van der Waals surface area (Å²) in [5.41, 5.74) is 6.17. The lowest BCUT2D eigenvalue weighted by atomic mass is 10.1. The van der Waals surface area contributed by atoms with Gasteiger partial charge in [0.15, 0.2) is 0 Å².